The molecule has 0 saturated carbocycles. The Morgan fingerprint density at radius 2 is 1.93 bits per heavy atom. The molecule has 8 heteroatoms. The van der Waals surface area contributed by atoms with Crippen LogP contribution in [0.1, 0.15) is 30.9 Å². The molecule has 2 N–H and O–H groups in total. The number of fused-ring (bicyclic) bond motifs is 3. The first kappa shape index (κ1) is 18.1. The van der Waals surface area contributed by atoms with Crippen molar-refractivity contribution >= 4 is 17.5 Å². The minimum Gasteiger partial charge on any atom is -0.368 e. The quantitative estimate of drug-likeness (QED) is 0.541. The van der Waals surface area contributed by atoms with Crippen molar-refractivity contribution < 1.29 is 0 Å². The van der Waals surface area contributed by atoms with Gasteiger partial charge in [0.15, 0.2) is 0 Å². The summed E-state index contributed by atoms with van der Waals surface area (Å²) in [7, 11) is 0. The van der Waals surface area contributed by atoms with E-state index in [0.717, 1.165) is 85.5 Å². The molecule has 1 aliphatic carbocycles. The summed E-state index contributed by atoms with van der Waals surface area (Å²) >= 11 is 0. The first-order chi connectivity index (χ1) is 14.3. The molecule has 8 nitrogen and oxygen atoms in total. The first-order valence-corrected chi connectivity index (χ1v) is 10.4. The molecule has 1 fully saturated rings. The smallest absolute Gasteiger partial charge is 0.228 e. The highest BCUT2D eigenvalue weighted by Crippen LogP contribution is 2.36. The molecule has 4 heterocycles. The zero-order valence-corrected chi connectivity index (χ0v) is 16.9. The maximum atomic E-state index is 4.82. The molecule has 1 aliphatic heterocycles. The van der Waals surface area contributed by atoms with Crippen LogP contribution in [-0.2, 0) is 19.4 Å². The Balaban J connectivity index is 1.39. The maximum Gasteiger partial charge on any atom is 0.228 e. The lowest BCUT2D eigenvalue weighted by molar-refractivity contribution is 0.589. The normalized spacial score (nSPS) is 15.3. The van der Waals surface area contributed by atoms with Gasteiger partial charge in [-0.1, -0.05) is 6.92 Å². The van der Waals surface area contributed by atoms with E-state index >= 15 is 0 Å². The standard InChI is InChI=1S/C21H26N8/c1-3-18-25-16-11-14-12-24-21(27-19(14)20(16)29(18)4-2)26-17-6-5-15(13-23-17)28-9-7-22-8-10-28/h5-6,12-13,22H,3-4,7-11H2,1-2H3,(H,23,24,26,27). The fourth-order valence-electron chi connectivity index (χ4n) is 4.22. The number of hydrogen-bond donors (Lipinski definition) is 2. The van der Waals surface area contributed by atoms with E-state index in [9.17, 15) is 0 Å². The number of rotatable bonds is 5. The molecule has 0 aromatic carbocycles. The summed E-state index contributed by atoms with van der Waals surface area (Å²) in [6.45, 7) is 9.24. The van der Waals surface area contributed by atoms with E-state index < -0.39 is 0 Å². The zero-order valence-electron chi connectivity index (χ0n) is 16.9. The van der Waals surface area contributed by atoms with Gasteiger partial charge in [-0.05, 0) is 19.1 Å². The summed E-state index contributed by atoms with van der Waals surface area (Å²) in [4.78, 5) is 21.0. The topological polar surface area (TPSA) is 83.8 Å². The Bertz CT molecular complexity index is 1020. The summed E-state index contributed by atoms with van der Waals surface area (Å²) in [6.07, 6.45) is 5.56. The third-order valence-corrected chi connectivity index (χ3v) is 5.67. The third-order valence-electron chi connectivity index (χ3n) is 5.67. The monoisotopic (exact) mass is 390 g/mol. The molecular formula is C21H26N8. The van der Waals surface area contributed by atoms with E-state index in [-0.39, 0.29) is 0 Å². The van der Waals surface area contributed by atoms with Gasteiger partial charge in [0.1, 0.15) is 11.6 Å². The van der Waals surface area contributed by atoms with Crippen LogP contribution in [0.25, 0.3) is 11.4 Å². The Morgan fingerprint density at radius 1 is 1.07 bits per heavy atom. The molecule has 5 rings (SSSR count). The summed E-state index contributed by atoms with van der Waals surface area (Å²) in [6, 6.07) is 4.09. The number of pyridine rings is 1. The summed E-state index contributed by atoms with van der Waals surface area (Å²) in [5.74, 6) is 2.45. The number of aromatic nitrogens is 5. The second kappa shape index (κ2) is 7.44. The molecule has 1 saturated heterocycles. The van der Waals surface area contributed by atoms with Crippen molar-refractivity contribution in [3.05, 3.63) is 41.6 Å². The molecule has 0 bridgehead atoms. The van der Waals surface area contributed by atoms with E-state index in [1.807, 2.05) is 18.5 Å². The van der Waals surface area contributed by atoms with Gasteiger partial charge in [-0.15, -0.1) is 0 Å². The minimum absolute atomic E-state index is 0.570. The molecule has 0 radical (unpaired) electrons. The highest BCUT2D eigenvalue weighted by atomic mass is 15.2. The lowest BCUT2D eigenvalue weighted by Crippen LogP contribution is -2.43. The fourth-order valence-corrected chi connectivity index (χ4v) is 4.22. The molecule has 2 aliphatic rings. The molecule has 3 aromatic heterocycles. The predicted molar refractivity (Wildman–Crippen MR) is 114 cm³/mol. The van der Waals surface area contributed by atoms with Crippen LogP contribution < -0.4 is 15.5 Å². The van der Waals surface area contributed by atoms with E-state index in [0.29, 0.717) is 5.95 Å². The number of aryl methyl sites for hydroxylation is 1. The highest BCUT2D eigenvalue weighted by Gasteiger charge is 2.28. The van der Waals surface area contributed by atoms with Gasteiger partial charge in [0.05, 0.1) is 29.0 Å². The van der Waals surface area contributed by atoms with Gasteiger partial charge >= 0.3 is 0 Å². The van der Waals surface area contributed by atoms with Gasteiger partial charge in [0.2, 0.25) is 5.95 Å². The van der Waals surface area contributed by atoms with Gasteiger partial charge in [-0.25, -0.2) is 19.9 Å². The second-order valence-corrected chi connectivity index (χ2v) is 7.43. The number of nitrogens with zero attached hydrogens (tertiary/aromatic N) is 6. The molecule has 0 atom stereocenters. The second-order valence-electron chi connectivity index (χ2n) is 7.43. The molecule has 3 aromatic rings. The van der Waals surface area contributed by atoms with Crippen molar-refractivity contribution in [3.8, 4) is 11.4 Å². The van der Waals surface area contributed by atoms with Gasteiger partial charge in [0.25, 0.3) is 0 Å². The van der Waals surface area contributed by atoms with E-state index in [4.69, 9.17) is 9.97 Å². The maximum absolute atomic E-state index is 4.82. The van der Waals surface area contributed by atoms with Gasteiger partial charge in [-0.2, -0.15) is 0 Å². The number of nitrogens with one attached hydrogen (secondary N) is 2. The molecule has 0 amide bonds. The lowest BCUT2D eigenvalue weighted by Gasteiger charge is -2.29. The van der Waals surface area contributed by atoms with Crippen molar-refractivity contribution in [1.29, 1.82) is 0 Å². The van der Waals surface area contributed by atoms with Gasteiger partial charge < -0.3 is 20.1 Å². The van der Waals surface area contributed by atoms with Crippen molar-refractivity contribution in [2.24, 2.45) is 0 Å². The van der Waals surface area contributed by atoms with Gasteiger partial charge in [0, 0.05) is 57.3 Å². The predicted octanol–water partition coefficient (Wildman–Crippen LogP) is 2.37. The Morgan fingerprint density at radius 3 is 2.66 bits per heavy atom. The Kier molecular flexibility index (Phi) is 4.63. The molecular weight excluding hydrogens is 364 g/mol. The van der Waals surface area contributed by atoms with E-state index in [1.165, 1.54) is 0 Å². The number of imidazole rings is 1. The lowest BCUT2D eigenvalue weighted by atomic mass is 10.2. The Labute approximate surface area is 170 Å². The van der Waals surface area contributed by atoms with Crippen LogP contribution in [0.3, 0.4) is 0 Å². The third kappa shape index (κ3) is 3.23. The molecule has 150 valence electrons. The van der Waals surface area contributed by atoms with Crippen LogP contribution in [0.15, 0.2) is 24.5 Å². The zero-order chi connectivity index (χ0) is 19.8. The van der Waals surface area contributed by atoms with Crippen LogP contribution in [0.2, 0.25) is 0 Å². The number of anilines is 3. The van der Waals surface area contributed by atoms with Crippen molar-refractivity contribution in [2.45, 2.75) is 33.2 Å². The van der Waals surface area contributed by atoms with Gasteiger partial charge in [-0.3, -0.25) is 0 Å². The van der Waals surface area contributed by atoms with Crippen molar-refractivity contribution in [1.82, 2.24) is 29.8 Å². The molecule has 0 spiro atoms. The molecule has 29 heavy (non-hydrogen) atoms. The SMILES string of the molecule is CCc1nc2c(n1CC)-c1nc(Nc3ccc(N4CCNCC4)cn3)ncc1C2. The van der Waals surface area contributed by atoms with Crippen molar-refractivity contribution in [2.75, 3.05) is 36.4 Å². The van der Waals surface area contributed by atoms with E-state index in [1.54, 1.807) is 0 Å². The summed E-state index contributed by atoms with van der Waals surface area (Å²) in [5.41, 5.74) is 5.54. The molecule has 0 unspecified atom stereocenters. The average molecular weight is 390 g/mol. The average Bonchev–Trinajstić information content (AvgIpc) is 3.30. The number of hydrogen-bond acceptors (Lipinski definition) is 7. The summed E-state index contributed by atoms with van der Waals surface area (Å²) in [5, 5.41) is 6.63. The van der Waals surface area contributed by atoms with Crippen molar-refractivity contribution in [3.63, 3.8) is 0 Å². The van der Waals surface area contributed by atoms with Crippen LogP contribution in [0.4, 0.5) is 17.5 Å². The minimum atomic E-state index is 0.570. The van der Waals surface area contributed by atoms with Crippen LogP contribution in [0, 0.1) is 0 Å². The Hall–Kier alpha value is -3.00. The van der Waals surface area contributed by atoms with Crippen LogP contribution in [0.5, 0.6) is 0 Å². The van der Waals surface area contributed by atoms with E-state index in [2.05, 4.69) is 50.0 Å². The number of piperazine rings is 1. The largest absolute Gasteiger partial charge is 0.368 e. The highest BCUT2D eigenvalue weighted by molar-refractivity contribution is 5.70. The first-order valence-electron chi connectivity index (χ1n) is 10.4. The van der Waals surface area contributed by atoms with Crippen LogP contribution >= 0.6 is 0 Å². The summed E-state index contributed by atoms with van der Waals surface area (Å²) < 4.78 is 2.28. The van der Waals surface area contributed by atoms with Crippen LogP contribution in [-0.4, -0.2) is 50.7 Å². The fraction of sp³-hybridized carbons (Fsp3) is 0.429.